The van der Waals surface area contributed by atoms with Crippen LogP contribution in [0.5, 0.6) is 0 Å². The van der Waals surface area contributed by atoms with E-state index in [4.69, 9.17) is 0 Å². The van der Waals surface area contributed by atoms with Crippen molar-refractivity contribution >= 4 is 31.6 Å². The molecule has 2 rings (SSSR count). The molecule has 1 N–H and O–H groups in total. The van der Waals surface area contributed by atoms with Gasteiger partial charge in [0, 0.05) is 7.05 Å². The maximum Gasteiger partial charge on any atom is 0.416 e. The summed E-state index contributed by atoms with van der Waals surface area (Å²) in [6.45, 7) is 1.37. The minimum absolute atomic E-state index is 0.0508. The predicted molar refractivity (Wildman–Crippen MR) is 83.5 cm³/mol. The van der Waals surface area contributed by atoms with E-state index in [0.717, 1.165) is 12.1 Å². The zero-order valence-electron chi connectivity index (χ0n) is 12.1. The third-order valence-electron chi connectivity index (χ3n) is 3.19. The molecule has 0 bridgehead atoms. The SMILES string of the molecule is CCS(=O)(=O)c1cc(C(F)(F)F)ccc1-n1ncc(Br)c1NC. The molecular formula is C13H13BrF3N3O2S. The van der Waals surface area contributed by atoms with E-state index in [1.54, 1.807) is 7.05 Å². The number of nitrogens with zero attached hydrogens (tertiary/aromatic N) is 2. The van der Waals surface area contributed by atoms with Gasteiger partial charge in [-0.25, -0.2) is 13.1 Å². The fourth-order valence-corrected chi connectivity index (χ4v) is 3.55. The molecule has 1 aromatic heterocycles. The fraction of sp³-hybridized carbons (Fsp3) is 0.308. The van der Waals surface area contributed by atoms with Crippen LogP contribution in [0.4, 0.5) is 19.0 Å². The van der Waals surface area contributed by atoms with Gasteiger partial charge in [0.2, 0.25) is 0 Å². The highest BCUT2D eigenvalue weighted by Gasteiger charge is 2.33. The van der Waals surface area contributed by atoms with Crippen molar-refractivity contribution in [2.24, 2.45) is 0 Å². The molecule has 0 saturated heterocycles. The Hall–Kier alpha value is -1.55. The summed E-state index contributed by atoms with van der Waals surface area (Å²) >= 11 is 3.24. The summed E-state index contributed by atoms with van der Waals surface area (Å²) in [5, 5.41) is 6.84. The monoisotopic (exact) mass is 411 g/mol. The zero-order valence-corrected chi connectivity index (χ0v) is 14.6. The summed E-state index contributed by atoms with van der Waals surface area (Å²) in [6, 6.07) is 2.58. The van der Waals surface area contributed by atoms with E-state index in [0.29, 0.717) is 16.4 Å². The van der Waals surface area contributed by atoms with Crippen LogP contribution in [-0.4, -0.2) is 31.0 Å². The molecule has 0 atom stereocenters. The molecule has 1 heterocycles. The van der Waals surface area contributed by atoms with E-state index in [9.17, 15) is 21.6 Å². The van der Waals surface area contributed by atoms with E-state index in [2.05, 4.69) is 26.3 Å². The van der Waals surface area contributed by atoms with Gasteiger partial charge >= 0.3 is 6.18 Å². The summed E-state index contributed by atoms with van der Waals surface area (Å²) in [5.41, 5.74) is -0.972. The number of nitrogens with one attached hydrogen (secondary N) is 1. The zero-order chi connectivity index (χ0) is 17.4. The van der Waals surface area contributed by atoms with Crippen molar-refractivity contribution in [3.63, 3.8) is 0 Å². The van der Waals surface area contributed by atoms with E-state index in [-0.39, 0.29) is 11.4 Å². The van der Waals surface area contributed by atoms with Crippen molar-refractivity contribution in [2.75, 3.05) is 18.1 Å². The smallest absolute Gasteiger partial charge is 0.372 e. The van der Waals surface area contributed by atoms with Gasteiger partial charge in [0.05, 0.1) is 32.6 Å². The molecule has 0 fully saturated rings. The lowest BCUT2D eigenvalue weighted by Gasteiger charge is -2.15. The number of anilines is 1. The summed E-state index contributed by atoms with van der Waals surface area (Å²) in [7, 11) is -2.29. The lowest BCUT2D eigenvalue weighted by Crippen LogP contribution is -2.14. The minimum atomic E-state index is -4.63. The van der Waals surface area contributed by atoms with Gasteiger partial charge in [-0.2, -0.15) is 18.3 Å². The normalized spacial score (nSPS) is 12.4. The highest BCUT2D eigenvalue weighted by molar-refractivity contribution is 9.10. The Bertz CT molecular complexity index is 831. The molecule has 5 nitrogen and oxygen atoms in total. The number of alkyl halides is 3. The van der Waals surface area contributed by atoms with E-state index in [1.165, 1.54) is 17.8 Å². The van der Waals surface area contributed by atoms with Gasteiger partial charge in [-0.15, -0.1) is 0 Å². The molecule has 1 aromatic carbocycles. The van der Waals surface area contributed by atoms with Crippen LogP contribution in [0.3, 0.4) is 0 Å². The van der Waals surface area contributed by atoms with Crippen molar-refractivity contribution in [1.29, 1.82) is 0 Å². The van der Waals surface area contributed by atoms with Gasteiger partial charge in [0.25, 0.3) is 0 Å². The van der Waals surface area contributed by atoms with Gasteiger partial charge < -0.3 is 5.32 Å². The molecule has 23 heavy (non-hydrogen) atoms. The Morgan fingerprint density at radius 3 is 2.52 bits per heavy atom. The average Bonchev–Trinajstić information content (AvgIpc) is 2.86. The number of sulfone groups is 1. The van der Waals surface area contributed by atoms with Crippen LogP contribution in [0, 0.1) is 0 Å². The first kappa shape index (κ1) is 17.8. The van der Waals surface area contributed by atoms with Crippen LogP contribution in [-0.2, 0) is 16.0 Å². The van der Waals surface area contributed by atoms with E-state index >= 15 is 0 Å². The lowest BCUT2D eigenvalue weighted by atomic mass is 10.2. The lowest BCUT2D eigenvalue weighted by molar-refractivity contribution is -0.137. The minimum Gasteiger partial charge on any atom is -0.372 e. The quantitative estimate of drug-likeness (QED) is 0.835. The average molecular weight is 412 g/mol. The summed E-state index contributed by atoms with van der Waals surface area (Å²) in [5.74, 6) is 0.107. The molecular weight excluding hydrogens is 399 g/mol. The molecule has 0 aliphatic rings. The molecule has 0 radical (unpaired) electrons. The first-order valence-corrected chi connectivity index (χ1v) is 8.92. The van der Waals surface area contributed by atoms with Gasteiger partial charge in [-0.1, -0.05) is 6.92 Å². The van der Waals surface area contributed by atoms with Gasteiger partial charge in [-0.3, -0.25) is 0 Å². The Labute approximate surface area is 139 Å². The fourth-order valence-electron chi connectivity index (χ4n) is 2.01. The number of rotatable bonds is 4. The number of benzene rings is 1. The number of hydrogen-bond donors (Lipinski definition) is 1. The first-order valence-electron chi connectivity index (χ1n) is 6.47. The number of aromatic nitrogens is 2. The van der Waals surface area contributed by atoms with Crippen molar-refractivity contribution in [1.82, 2.24) is 9.78 Å². The van der Waals surface area contributed by atoms with E-state index in [1.807, 2.05) is 0 Å². The highest BCUT2D eigenvalue weighted by Crippen LogP contribution is 2.35. The van der Waals surface area contributed by atoms with Gasteiger partial charge in [0.15, 0.2) is 9.84 Å². The molecule has 0 aliphatic heterocycles. The summed E-state index contributed by atoms with van der Waals surface area (Å²) in [6.07, 6.45) is -3.21. The van der Waals surface area contributed by atoms with Crippen LogP contribution in [0.2, 0.25) is 0 Å². The van der Waals surface area contributed by atoms with Gasteiger partial charge in [-0.05, 0) is 34.1 Å². The first-order chi connectivity index (χ1) is 10.6. The second kappa shape index (κ2) is 6.16. The summed E-state index contributed by atoms with van der Waals surface area (Å²) in [4.78, 5) is -0.415. The van der Waals surface area contributed by atoms with Crippen LogP contribution in [0.1, 0.15) is 12.5 Å². The third-order valence-corrected chi connectivity index (χ3v) is 5.53. The molecule has 10 heteroatoms. The Morgan fingerprint density at radius 2 is 2.00 bits per heavy atom. The largest absolute Gasteiger partial charge is 0.416 e. The Morgan fingerprint density at radius 1 is 1.35 bits per heavy atom. The Kier molecular flexibility index (Phi) is 4.76. The molecule has 0 unspecified atom stereocenters. The van der Waals surface area contributed by atoms with Crippen LogP contribution >= 0.6 is 15.9 Å². The maximum atomic E-state index is 12.9. The van der Waals surface area contributed by atoms with Crippen LogP contribution in [0.25, 0.3) is 5.69 Å². The summed E-state index contributed by atoms with van der Waals surface area (Å²) < 4.78 is 65.0. The molecule has 126 valence electrons. The molecule has 0 saturated carbocycles. The van der Waals surface area contributed by atoms with Crippen molar-refractivity contribution < 1.29 is 21.6 Å². The van der Waals surface area contributed by atoms with Gasteiger partial charge in [0.1, 0.15) is 5.82 Å². The van der Waals surface area contributed by atoms with Crippen molar-refractivity contribution in [3.05, 3.63) is 34.4 Å². The van der Waals surface area contributed by atoms with Crippen molar-refractivity contribution in [3.8, 4) is 5.69 Å². The molecule has 0 amide bonds. The standard InChI is InChI=1S/C13H13BrF3N3O2S/c1-3-23(21,22)11-6-8(13(15,16)17)4-5-10(11)20-12(18-2)9(14)7-19-20/h4-7,18H,3H2,1-2H3. The maximum absolute atomic E-state index is 12.9. The highest BCUT2D eigenvalue weighted by atomic mass is 79.9. The number of hydrogen-bond acceptors (Lipinski definition) is 4. The van der Waals surface area contributed by atoms with E-state index < -0.39 is 26.5 Å². The molecule has 0 spiro atoms. The van der Waals surface area contributed by atoms with Crippen molar-refractivity contribution in [2.45, 2.75) is 18.0 Å². The number of halogens is 4. The third kappa shape index (κ3) is 3.37. The second-order valence-electron chi connectivity index (χ2n) is 4.59. The Balaban J connectivity index is 2.78. The molecule has 2 aromatic rings. The van der Waals surface area contributed by atoms with Crippen LogP contribution < -0.4 is 5.32 Å². The second-order valence-corrected chi connectivity index (χ2v) is 7.69. The van der Waals surface area contributed by atoms with Crippen LogP contribution in [0.15, 0.2) is 33.8 Å². The topological polar surface area (TPSA) is 64.0 Å². The molecule has 0 aliphatic carbocycles. The predicted octanol–water partition coefficient (Wildman–Crippen LogP) is 3.49.